The van der Waals surface area contributed by atoms with Crippen molar-refractivity contribution in [3.05, 3.63) is 28.7 Å². The van der Waals surface area contributed by atoms with Gasteiger partial charge in [-0.3, -0.25) is 4.79 Å². The van der Waals surface area contributed by atoms with Crippen LogP contribution in [-0.2, 0) is 9.53 Å². The molecule has 1 aromatic carbocycles. The van der Waals surface area contributed by atoms with E-state index in [2.05, 4.69) is 26.6 Å². The zero-order valence-electron chi connectivity index (χ0n) is 10.1. The lowest BCUT2D eigenvalue weighted by molar-refractivity contribution is -0.115. The van der Waals surface area contributed by atoms with Crippen molar-refractivity contribution in [2.45, 2.75) is 18.9 Å². The number of amides is 1. The summed E-state index contributed by atoms with van der Waals surface area (Å²) in [6.07, 6.45) is 2.48. The summed E-state index contributed by atoms with van der Waals surface area (Å²) in [5.74, 6) is -0.0321. The summed E-state index contributed by atoms with van der Waals surface area (Å²) in [7, 11) is 0. The molecule has 2 rings (SSSR count). The minimum Gasteiger partial charge on any atom is -0.377 e. The average molecular weight is 313 g/mol. The molecule has 1 amide bonds. The Balaban J connectivity index is 1.66. The van der Waals surface area contributed by atoms with Gasteiger partial charge in [-0.05, 0) is 37.1 Å². The van der Waals surface area contributed by atoms with Gasteiger partial charge in [0.1, 0.15) is 0 Å². The van der Waals surface area contributed by atoms with E-state index < -0.39 is 0 Å². The topological polar surface area (TPSA) is 50.4 Å². The van der Waals surface area contributed by atoms with E-state index in [1.807, 2.05) is 24.3 Å². The highest BCUT2D eigenvalue weighted by molar-refractivity contribution is 9.10. The highest BCUT2D eigenvalue weighted by Gasteiger charge is 2.14. The lowest BCUT2D eigenvalue weighted by atomic mass is 10.2. The van der Waals surface area contributed by atoms with E-state index in [0.717, 1.165) is 36.2 Å². The fraction of sp³-hybridized carbons (Fsp3) is 0.462. The highest BCUT2D eigenvalue weighted by Crippen LogP contribution is 2.14. The Morgan fingerprint density at radius 1 is 1.39 bits per heavy atom. The summed E-state index contributed by atoms with van der Waals surface area (Å²) < 4.78 is 6.46. The first-order valence-corrected chi connectivity index (χ1v) is 6.91. The molecule has 1 atom stereocenters. The van der Waals surface area contributed by atoms with Crippen LogP contribution in [0.25, 0.3) is 0 Å². The van der Waals surface area contributed by atoms with E-state index in [1.165, 1.54) is 0 Å². The van der Waals surface area contributed by atoms with Crippen molar-refractivity contribution in [2.24, 2.45) is 0 Å². The first kappa shape index (κ1) is 13.5. The van der Waals surface area contributed by atoms with Crippen LogP contribution in [0.4, 0.5) is 5.69 Å². The third-order valence-corrected chi connectivity index (χ3v) is 3.34. The summed E-state index contributed by atoms with van der Waals surface area (Å²) in [4.78, 5) is 11.6. The summed E-state index contributed by atoms with van der Waals surface area (Å²) in [5, 5.41) is 5.94. The van der Waals surface area contributed by atoms with Crippen LogP contribution in [0, 0.1) is 0 Å². The maximum atomic E-state index is 11.6. The van der Waals surface area contributed by atoms with Crippen molar-refractivity contribution >= 4 is 27.5 Å². The number of hydrogen-bond donors (Lipinski definition) is 2. The van der Waals surface area contributed by atoms with Crippen molar-refractivity contribution in [3.63, 3.8) is 0 Å². The first-order chi connectivity index (χ1) is 8.74. The standard InChI is InChI=1S/C13H17BrN2O2/c14-10-3-5-11(6-4-10)16-13(17)9-15-8-12-2-1-7-18-12/h3-6,12,15H,1-2,7-9H2,(H,16,17)/t12-/m1/s1. The number of anilines is 1. The molecule has 0 saturated carbocycles. The summed E-state index contributed by atoms with van der Waals surface area (Å²) in [5.41, 5.74) is 0.808. The van der Waals surface area contributed by atoms with Crippen molar-refractivity contribution in [2.75, 3.05) is 25.0 Å². The smallest absolute Gasteiger partial charge is 0.238 e. The third kappa shape index (κ3) is 4.40. The van der Waals surface area contributed by atoms with E-state index in [9.17, 15) is 4.79 Å². The van der Waals surface area contributed by atoms with Crippen molar-refractivity contribution in [1.82, 2.24) is 5.32 Å². The molecule has 0 radical (unpaired) electrons. The Hall–Kier alpha value is -0.910. The molecule has 1 heterocycles. The molecular formula is C13H17BrN2O2. The van der Waals surface area contributed by atoms with Gasteiger partial charge in [-0.15, -0.1) is 0 Å². The van der Waals surface area contributed by atoms with E-state index in [1.54, 1.807) is 0 Å². The molecule has 0 aliphatic carbocycles. The molecule has 98 valence electrons. The number of carbonyl (C=O) groups excluding carboxylic acids is 1. The van der Waals surface area contributed by atoms with Crippen molar-refractivity contribution in [1.29, 1.82) is 0 Å². The van der Waals surface area contributed by atoms with E-state index >= 15 is 0 Å². The summed E-state index contributed by atoms with van der Waals surface area (Å²) in [6, 6.07) is 7.52. The Bertz CT molecular complexity index is 388. The largest absolute Gasteiger partial charge is 0.377 e. The van der Waals surface area contributed by atoms with Gasteiger partial charge in [-0.1, -0.05) is 15.9 Å². The molecule has 1 aliphatic rings. The van der Waals surface area contributed by atoms with Crippen LogP contribution in [0.3, 0.4) is 0 Å². The normalized spacial score (nSPS) is 18.8. The molecule has 0 bridgehead atoms. The lowest BCUT2D eigenvalue weighted by Crippen LogP contribution is -2.33. The lowest BCUT2D eigenvalue weighted by Gasteiger charge is -2.10. The second-order valence-corrected chi connectivity index (χ2v) is 5.24. The third-order valence-electron chi connectivity index (χ3n) is 2.81. The van der Waals surface area contributed by atoms with Gasteiger partial charge >= 0.3 is 0 Å². The second-order valence-electron chi connectivity index (χ2n) is 4.32. The zero-order chi connectivity index (χ0) is 12.8. The average Bonchev–Trinajstić information content (AvgIpc) is 2.85. The van der Waals surface area contributed by atoms with Gasteiger partial charge in [-0.25, -0.2) is 0 Å². The van der Waals surface area contributed by atoms with Gasteiger partial charge in [0.2, 0.25) is 5.91 Å². The molecule has 5 heteroatoms. The maximum Gasteiger partial charge on any atom is 0.238 e. The minimum atomic E-state index is -0.0321. The van der Waals surface area contributed by atoms with E-state index in [-0.39, 0.29) is 12.0 Å². The van der Waals surface area contributed by atoms with Gasteiger partial charge < -0.3 is 15.4 Å². The minimum absolute atomic E-state index is 0.0321. The van der Waals surface area contributed by atoms with Gasteiger partial charge in [0.05, 0.1) is 12.6 Å². The molecule has 18 heavy (non-hydrogen) atoms. The molecule has 1 aliphatic heterocycles. The second kappa shape index (κ2) is 6.87. The van der Waals surface area contributed by atoms with Gasteiger partial charge in [-0.2, -0.15) is 0 Å². The van der Waals surface area contributed by atoms with Gasteiger partial charge in [0.15, 0.2) is 0 Å². The number of carbonyl (C=O) groups is 1. The monoisotopic (exact) mass is 312 g/mol. The van der Waals surface area contributed by atoms with Crippen LogP contribution in [0.1, 0.15) is 12.8 Å². The molecular weight excluding hydrogens is 296 g/mol. The molecule has 4 nitrogen and oxygen atoms in total. The van der Waals surface area contributed by atoms with Crippen LogP contribution in [0.15, 0.2) is 28.7 Å². The van der Waals surface area contributed by atoms with Crippen molar-refractivity contribution in [3.8, 4) is 0 Å². The Labute approximate surface area is 115 Å². The molecule has 0 spiro atoms. The number of hydrogen-bond acceptors (Lipinski definition) is 3. The van der Waals surface area contributed by atoms with Crippen LogP contribution in [0.2, 0.25) is 0 Å². The molecule has 1 saturated heterocycles. The van der Waals surface area contributed by atoms with Gasteiger partial charge in [0.25, 0.3) is 0 Å². The van der Waals surface area contributed by atoms with Crippen molar-refractivity contribution < 1.29 is 9.53 Å². The maximum absolute atomic E-state index is 11.6. The SMILES string of the molecule is O=C(CNC[C@H]1CCCO1)Nc1ccc(Br)cc1. The zero-order valence-corrected chi connectivity index (χ0v) is 11.7. The van der Waals surface area contributed by atoms with Crippen LogP contribution in [-0.4, -0.2) is 31.7 Å². The first-order valence-electron chi connectivity index (χ1n) is 6.12. The number of nitrogens with one attached hydrogen (secondary N) is 2. The molecule has 1 fully saturated rings. The molecule has 0 aromatic heterocycles. The molecule has 1 aromatic rings. The predicted octanol–water partition coefficient (Wildman–Crippen LogP) is 2.16. The number of ether oxygens (including phenoxy) is 1. The number of halogens is 1. The molecule has 0 unspecified atom stereocenters. The fourth-order valence-corrected chi connectivity index (χ4v) is 2.15. The summed E-state index contributed by atoms with van der Waals surface area (Å²) in [6.45, 7) is 1.90. The number of rotatable bonds is 5. The van der Waals surface area contributed by atoms with Crippen LogP contribution in [0.5, 0.6) is 0 Å². The quantitative estimate of drug-likeness (QED) is 0.876. The fourth-order valence-electron chi connectivity index (χ4n) is 1.89. The Kier molecular flexibility index (Phi) is 5.16. The van der Waals surface area contributed by atoms with E-state index in [4.69, 9.17) is 4.74 Å². The Morgan fingerprint density at radius 2 is 2.17 bits per heavy atom. The molecule has 2 N–H and O–H groups in total. The Morgan fingerprint density at radius 3 is 2.83 bits per heavy atom. The van der Waals surface area contributed by atoms with Crippen LogP contribution >= 0.6 is 15.9 Å². The van der Waals surface area contributed by atoms with E-state index in [0.29, 0.717) is 6.54 Å². The van der Waals surface area contributed by atoms with Gasteiger partial charge in [0, 0.05) is 23.3 Å². The summed E-state index contributed by atoms with van der Waals surface area (Å²) >= 11 is 3.35. The highest BCUT2D eigenvalue weighted by atomic mass is 79.9. The van der Waals surface area contributed by atoms with Crippen LogP contribution < -0.4 is 10.6 Å². The predicted molar refractivity (Wildman–Crippen MR) is 74.6 cm³/mol. The number of benzene rings is 1.